The van der Waals surface area contributed by atoms with E-state index in [-0.39, 0.29) is 12.0 Å². The number of nitrogens with one attached hydrogen (secondary N) is 1. The molecule has 0 saturated carbocycles. The van der Waals surface area contributed by atoms with Crippen LogP contribution in [-0.4, -0.2) is 42.2 Å². The lowest BCUT2D eigenvalue weighted by molar-refractivity contribution is 0.0891. The molecule has 0 unspecified atom stereocenters. The lowest BCUT2D eigenvalue weighted by atomic mass is 10.1. The Labute approximate surface area is 152 Å². The molecular weight excluding hydrogens is 336 g/mol. The van der Waals surface area contributed by atoms with Gasteiger partial charge in [-0.1, -0.05) is 6.92 Å². The lowest BCUT2D eigenvalue weighted by Crippen LogP contribution is -2.39. The molecule has 0 radical (unpaired) electrons. The second-order valence-electron chi connectivity index (χ2n) is 6.12. The van der Waals surface area contributed by atoms with Crippen LogP contribution in [0, 0.1) is 0 Å². The van der Waals surface area contributed by atoms with E-state index < -0.39 is 0 Å². The highest BCUT2D eigenvalue weighted by Gasteiger charge is 2.20. The molecule has 0 bridgehead atoms. The number of aryl methyl sites for hydroxylation is 1. The molecule has 6 nitrogen and oxygen atoms in total. The summed E-state index contributed by atoms with van der Waals surface area (Å²) in [4.78, 5) is 23.4. The zero-order valence-electron chi connectivity index (χ0n) is 14.7. The van der Waals surface area contributed by atoms with Crippen molar-refractivity contribution < 1.29 is 9.53 Å². The van der Waals surface area contributed by atoms with E-state index in [1.54, 1.807) is 24.6 Å². The molecule has 1 fully saturated rings. The Kier molecular flexibility index (Phi) is 5.99. The van der Waals surface area contributed by atoms with Gasteiger partial charge in [-0.2, -0.15) is 0 Å². The summed E-state index contributed by atoms with van der Waals surface area (Å²) >= 11 is 1.57. The van der Waals surface area contributed by atoms with Crippen LogP contribution in [0.5, 0.6) is 0 Å². The standard InChI is InChI=1S/C18H24N4O2S/c1-3-14-12-25-17(21-14)10-20-18(23)13-6-7-16(19-9-13)22-8-4-5-15(11-22)24-2/h6-7,9,12,15H,3-5,8,10-11H2,1-2H3,(H,20,23)/t15-/m0/s1. The molecule has 1 aliphatic rings. The number of amides is 1. The van der Waals surface area contributed by atoms with Crippen LogP contribution in [0.3, 0.4) is 0 Å². The summed E-state index contributed by atoms with van der Waals surface area (Å²) in [5, 5.41) is 5.86. The third-order valence-electron chi connectivity index (χ3n) is 4.41. The minimum Gasteiger partial charge on any atom is -0.380 e. The van der Waals surface area contributed by atoms with Gasteiger partial charge < -0.3 is 15.0 Å². The summed E-state index contributed by atoms with van der Waals surface area (Å²) in [6.07, 6.45) is 4.99. The maximum absolute atomic E-state index is 12.3. The Hall–Kier alpha value is -1.99. The molecule has 134 valence electrons. The molecule has 0 aromatic carbocycles. The number of anilines is 1. The van der Waals surface area contributed by atoms with Gasteiger partial charge in [-0.15, -0.1) is 11.3 Å². The van der Waals surface area contributed by atoms with Crippen molar-refractivity contribution in [2.75, 3.05) is 25.1 Å². The van der Waals surface area contributed by atoms with Gasteiger partial charge >= 0.3 is 0 Å². The van der Waals surface area contributed by atoms with E-state index >= 15 is 0 Å². The average Bonchev–Trinajstić information content (AvgIpc) is 3.14. The van der Waals surface area contributed by atoms with Crippen LogP contribution in [0.1, 0.15) is 40.8 Å². The molecule has 3 rings (SSSR count). The minimum absolute atomic E-state index is 0.124. The minimum atomic E-state index is -0.124. The number of methoxy groups -OCH3 is 1. The molecule has 2 aromatic heterocycles. The molecule has 3 heterocycles. The molecule has 0 spiro atoms. The number of ether oxygens (including phenoxy) is 1. The number of hydrogen-bond acceptors (Lipinski definition) is 6. The number of hydrogen-bond donors (Lipinski definition) is 1. The van der Waals surface area contributed by atoms with Gasteiger partial charge in [0.15, 0.2) is 0 Å². The zero-order chi connectivity index (χ0) is 17.6. The number of aromatic nitrogens is 2. The van der Waals surface area contributed by atoms with Gasteiger partial charge in [0.25, 0.3) is 5.91 Å². The van der Waals surface area contributed by atoms with Crippen molar-refractivity contribution >= 4 is 23.1 Å². The highest BCUT2D eigenvalue weighted by Crippen LogP contribution is 2.19. The first-order chi connectivity index (χ1) is 12.2. The van der Waals surface area contributed by atoms with E-state index in [9.17, 15) is 4.79 Å². The number of carbonyl (C=O) groups is 1. The van der Waals surface area contributed by atoms with E-state index in [4.69, 9.17) is 4.74 Å². The molecule has 1 amide bonds. The Morgan fingerprint density at radius 3 is 3.04 bits per heavy atom. The third-order valence-corrected chi connectivity index (χ3v) is 5.30. The monoisotopic (exact) mass is 360 g/mol. The van der Waals surface area contributed by atoms with Crippen molar-refractivity contribution in [1.29, 1.82) is 0 Å². The Bertz CT molecular complexity index is 701. The Balaban J connectivity index is 1.56. The second kappa shape index (κ2) is 8.40. The summed E-state index contributed by atoms with van der Waals surface area (Å²) in [5.74, 6) is 0.770. The smallest absolute Gasteiger partial charge is 0.253 e. The first-order valence-corrected chi connectivity index (χ1v) is 9.52. The highest BCUT2D eigenvalue weighted by molar-refractivity contribution is 7.09. The average molecular weight is 360 g/mol. The maximum atomic E-state index is 12.3. The highest BCUT2D eigenvalue weighted by atomic mass is 32.1. The van der Waals surface area contributed by atoms with E-state index in [0.717, 1.165) is 48.9 Å². The summed E-state index contributed by atoms with van der Waals surface area (Å²) in [6.45, 7) is 4.34. The predicted molar refractivity (Wildman–Crippen MR) is 99.1 cm³/mol. The summed E-state index contributed by atoms with van der Waals surface area (Å²) in [5.41, 5.74) is 1.63. The van der Waals surface area contributed by atoms with Gasteiger partial charge in [0.2, 0.25) is 0 Å². The molecular formula is C18H24N4O2S. The SMILES string of the molecule is CCc1csc(CNC(=O)c2ccc(N3CCC[C@H](OC)C3)nc2)n1. The number of piperidine rings is 1. The molecule has 7 heteroatoms. The van der Waals surface area contributed by atoms with Gasteiger partial charge in [-0.25, -0.2) is 9.97 Å². The number of thiazole rings is 1. The first-order valence-electron chi connectivity index (χ1n) is 8.65. The van der Waals surface area contributed by atoms with Crippen LogP contribution >= 0.6 is 11.3 Å². The maximum Gasteiger partial charge on any atom is 0.253 e. The summed E-state index contributed by atoms with van der Waals surface area (Å²) in [7, 11) is 1.75. The quantitative estimate of drug-likeness (QED) is 0.858. The van der Waals surface area contributed by atoms with Gasteiger partial charge in [-0.3, -0.25) is 4.79 Å². The molecule has 1 aliphatic heterocycles. The van der Waals surface area contributed by atoms with Crippen molar-refractivity contribution in [3.63, 3.8) is 0 Å². The van der Waals surface area contributed by atoms with Gasteiger partial charge in [0.1, 0.15) is 10.8 Å². The van der Waals surface area contributed by atoms with Crippen molar-refractivity contribution in [2.45, 2.75) is 38.8 Å². The van der Waals surface area contributed by atoms with Crippen LogP contribution in [0.25, 0.3) is 0 Å². The van der Waals surface area contributed by atoms with Crippen molar-refractivity contribution in [2.24, 2.45) is 0 Å². The molecule has 1 atom stereocenters. The van der Waals surface area contributed by atoms with Crippen LogP contribution in [0.2, 0.25) is 0 Å². The fourth-order valence-electron chi connectivity index (χ4n) is 2.90. The van der Waals surface area contributed by atoms with Crippen molar-refractivity contribution in [3.8, 4) is 0 Å². The molecule has 1 saturated heterocycles. The van der Waals surface area contributed by atoms with Crippen LogP contribution in [0.15, 0.2) is 23.7 Å². The number of rotatable bonds is 6. The van der Waals surface area contributed by atoms with Crippen LogP contribution in [-0.2, 0) is 17.7 Å². The molecule has 25 heavy (non-hydrogen) atoms. The van der Waals surface area contributed by atoms with Crippen molar-refractivity contribution in [3.05, 3.63) is 40.0 Å². The first kappa shape index (κ1) is 17.8. The molecule has 0 aliphatic carbocycles. The normalized spacial score (nSPS) is 17.5. The fourth-order valence-corrected chi connectivity index (χ4v) is 3.71. The topological polar surface area (TPSA) is 67.4 Å². The largest absolute Gasteiger partial charge is 0.380 e. The third kappa shape index (κ3) is 4.55. The Morgan fingerprint density at radius 2 is 2.36 bits per heavy atom. The predicted octanol–water partition coefficient (Wildman–Crippen LogP) is 2.65. The summed E-state index contributed by atoms with van der Waals surface area (Å²) in [6, 6.07) is 3.74. The fraction of sp³-hybridized carbons (Fsp3) is 0.500. The molecule has 2 aromatic rings. The lowest BCUT2D eigenvalue weighted by Gasteiger charge is -2.32. The van der Waals surface area contributed by atoms with Gasteiger partial charge in [0.05, 0.1) is 23.9 Å². The second-order valence-corrected chi connectivity index (χ2v) is 7.06. The number of carbonyl (C=O) groups excluding carboxylic acids is 1. The van der Waals surface area contributed by atoms with E-state index in [2.05, 4.69) is 27.1 Å². The van der Waals surface area contributed by atoms with Gasteiger partial charge in [0, 0.05) is 31.8 Å². The summed E-state index contributed by atoms with van der Waals surface area (Å²) < 4.78 is 5.45. The van der Waals surface area contributed by atoms with Crippen molar-refractivity contribution in [1.82, 2.24) is 15.3 Å². The van der Waals surface area contributed by atoms with E-state index in [0.29, 0.717) is 12.1 Å². The Morgan fingerprint density at radius 1 is 1.48 bits per heavy atom. The van der Waals surface area contributed by atoms with Gasteiger partial charge in [-0.05, 0) is 31.4 Å². The van der Waals surface area contributed by atoms with E-state index in [1.807, 2.05) is 17.5 Å². The zero-order valence-corrected chi connectivity index (χ0v) is 15.5. The number of nitrogens with zero attached hydrogens (tertiary/aromatic N) is 3. The number of pyridine rings is 1. The molecule has 1 N–H and O–H groups in total. The van der Waals surface area contributed by atoms with E-state index in [1.165, 1.54) is 0 Å². The van der Waals surface area contributed by atoms with Crippen LogP contribution in [0.4, 0.5) is 5.82 Å². The van der Waals surface area contributed by atoms with Crippen LogP contribution < -0.4 is 10.2 Å².